The lowest BCUT2D eigenvalue weighted by molar-refractivity contribution is 0.170. The lowest BCUT2D eigenvalue weighted by atomic mass is 9.79. The molecule has 0 atom stereocenters. The molecule has 1 fully saturated rings. The molecule has 1 aliphatic heterocycles. The van der Waals surface area contributed by atoms with Gasteiger partial charge in [-0.3, -0.25) is 0 Å². The molecule has 1 saturated heterocycles. The summed E-state index contributed by atoms with van der Waals surface area (Å²) in [6, 6.07) is 7.69. The topological polar surface area (TPSA) is 92.6 Å². The molecule has 158 valence electrons. The van der Waals surface area contributed by atoms with Crippen LogP contribution in [-0.4, -0.2) is 41.9 Å². The summed E-state index contributed by atoms with van der Waals surface area (Å²) in [7, 11) is 0. The van der Waals surface area contributed by atoms with Gasteiger partial charge in [-0.05, 0) is 58.7 Å². The molecule has 30 heavy (non-hydrogen) atoms. The molecule has 1 aromatic carbocycles. The van der Waals surface area contributed by atoms with Crippen molar-refractivity contribution in [2.24, 2.45) is 0 Å². The van der Waals surface area contributed by atoms with Crippen LogP contribution >= 0.6 is 0 Å². The highest BCUT2D eigenvalue weighted by Crippen LogP contribution is 2.31. The van der Waals surface area contributed by atoms with E-state index in [2.05, 4.69) is 63.7 Å². The Labute approximate surface area is 175 Å². The molecule has 1 aliphatic rings. The smallest absolute Gasteiger partial charge is 0.229 e. The molecule has 0 radical (unpaired) electrons. The van der Waals surface area contributed by atoms with Crippen LogP contribution in [-0.2, 0) is 0 Å². The fraction of sp³-hybridized carbons (Fsp3) is 0.429. The Kier molecular flexibility index (Phi) is 5.15. The number of piperidine rings is 1. The molecule has 0 unspecified atom stereocenters. The minimum absolute atomic E-state index is 0.0498. The zero-order chi connectivity index (χ0) is 21.4. The Morgan fingerprint density at radius 3 is 2.63 bits per heavy atom. The quantitative estimate of drug-likeness (QED) is 0.591. The molecule has 3 aromatic rings. The summed E-state index contributed by atoms with van der Waals surface area (Å²) >= 11 is 0. The molecule has 3 heterocycles. The van der Waals surface area contributed by atoms with Gasteiger partial charge >= 0.3 is 0 Å². The Morgan fingerprint density at radius 1 is 1.17 bits per heavy atom. The van der Waals surface area contributed by atoms with Crippen LogP contribution in [0.25, 0.3) is 5.69 Å². The first kappa shape index (κ1) is 20.2. The van der Waals surface area contributed by atoms with E-state index in [0.717, 1.165) is 24.2 Å². The van der Waals surface area contributed by atoms with Crippen molar-refractivity contribution in [2.45, 2.75) is 57.7 Å². The number of aromatic nitrogens is 5. The van der Waals surface area contributed by atoms with E-state index in [1.54, 1.807) is 11.0 Å². The summed E-state index contributed by atoms with van der Waals surface area (Å²) in [6.07, 6.45) is 6.02. The van der Waals surface area contributed by atoms with Gasteiger partial charge in [0.05, 0.1) is 11.9 Å². The van der Waals surface area contributed by atoms with E-state index in [1.165, 1.54) is 12.5 Å². The van der Waals surface area contributed by atoms with E-state index in [0.29, 0.717) is 5.95 Å². The monoisotopic (exact) mass is 410 g/mol. The number of nitrogens with zero attached hydrogens (tertiary/aromatic N) is 5. The average molecular weight is 411 g/mol. The normalized spacial score (nSPS) is 18.2. The van der Waals surface area contributed by atoms with Crippen molar-refractivity contribution in [3.8, 4) is 5.69 Å². The van der Waals surface area contributed by atoms with E-state index >= 15 is 0 Å². The highest BCUT2D eigenvalue weighted by molar-refractivity contribution is 5.58. The molecule has 2 aromatic heterocycles. The maximum absolute atomic E-state index is 14.4. The summed E-state index contributed by atoms with van der Waals surface area (Å²) in [5, 5.41) is 14.2. The van der Waals surface area contributed by atoms with Crippen molar-refractivity contribution >= 4 is 17.5 Å². The highest BCUT2D eigenvalue weighted by Gasteiger charge is 2.38. The van der Waals surface area contributed by atoms with E-state index in [-0.39, 0.29) is 22.9 Å². The Bertz CT molecular complexity index is 1000. The number of anilines is 3. The largest absolute Gasteiger partial charge is 0.365 e. The van der Waals surface area contributed by atoms with Gasteiger partial charge < -0.3 is 16.0 Å². The van der Waals surface area contributed by atoms with Crippen LogP contribution in [0.5, 0.6) is 0 Å². The van der Waals surface area contributed by atoms with Gasteiger partial charge in [0.1, 0.15) is 12.7 Å². The zero-order valence-corrected chi connectivity index (χ0v) is 17.6. The summed E-state index contributed by atoms with van der Waals surface area (Å²) in [5.74, 6) is 0.0617. The van der Waals surface area contributed by atoms with Gasteiger partial charge in [0.2, 0.25) is 5.95 Å². The fourth-order valence-corrected chi connectivity index (χ4v) is 4.34. The van der Waals surface area contributed by atoms with Crippen molar-refractivity contribution in [3.05, 3.63) is 48.9 Å². The maximum atomic E-state index is 14.4. The summed E-state index contributed by atoms with van der Waals surface area (Å²) < 4.78 is 16.1. The predicted molar refractivity (Wildman–Crippen MR) is 115 cm³/mol. The van der Waals surface area contributed by atoms with Crippen LogP contribution in [0.1, 0.15) is 40.5 Å². The van der Waals surface area contributed by atoms with Crippen LogP contribution in [0.3, 0.4) is 0 Å². The van der Waals surface area contributed by atoms with Crippen LogP contribution in [0.15, 0.2) is 43.1 Å². The van der Waals surface area contributed by atoms with Crippen molar-refractivity contribution in [1.29, 1.82) is 0 Å². The maximum Gasteiger partial charge on any atom is 0.229 e. The van der Waals surface area contributed by atoms with Gasteiger partial charge in [-0.15, -0.1) is 0 Å². The predicted octanol–water partition coefficient (Wildman–Crippen LogP) is 3.66. The lowest BCUT2D eigenvalue weighted by Gasteiger charge is -2.46. The summed E-state index contributed by atoms with van der Waals surface area (Å²) in [4.78, 5) is 12.4. The standard InChI is InChI=1S/C21H27FN8/c1-20(2)9-15(10-21(3,4)29-20)26-18-17(22)11-24-19(28-18)27-14-6-5-7-16(8-14)30-13-23-12-25-30/h5-8,11-13,15,29H,9-10H2,1-4H3,(H2,24,26,27,28). The van der Waals surface area contributed by atoms with Gasteiger partial charge in [0.25, 0.3) is 0 Å². The van der Waals surface area contributed by atoms with Gasteiger partial charge in [-0.1, -0.05) is 6.07 Å². The fourth-order valence-electron chi connectivity index (χ4n) is 4.34. The first-order valence-electron chi connectivity index (χ1n) is 10.00. The van der Waals surface area contributed by atoms with Crippen molar-refractivity contribution < 1.29 is 4.39 Å². The molecule has 0 spiro atoms. The third kappa shape index (κ3) is 4.73. The van der Waals surface area contributed by atoms with E-state index in [1.807, 2.05) is 24.3 Å². The van der Waals surface area contributed by atoms with Crippen molar-refractivity contribution in [3.63, 3.8) is 0 Å². The number of nitrogens with one attached hydrogen (secondary N) is 3. The first-order chi connectivity index (χ1) is 14.2. The van der Waals surface area contributed by atoms with Gasteiger partial charge in [-0.2, -0.15) is 10.1 Å². The number of rotatable bonds is 5. The molecular formula is C21H27FN8. The summed E-state index contributed by atoms with van der Waals surface area (Å²) in [5.41, 5.74) is 1.51. The number of halogens is 1. The third-order valence-corrected chi connectivity index (χ3v) is 5.06. The molecule has 0 aliphatic carbocycles. The highest BCUT2D eigenvalue weighted by atomic mass is 19.1. The zero-order valence-electron chi connectivity index (χ0n) is 17.6. The van der Waals surface area contributed by atoms with Crippen LogP contribution < -0.4 is 16.0 Å². The summed E-state index contributed by atoms with van der Waals surface area (Å²) in [6.45, 7) is 8.64. The number of benzene rings is 1. The second-order valence-corrected chi connectivity index (χ2v) is 9.05. The van der Waals surface area contributed by atoms with Crippen molar-refractivity contribution in [2.75, 3.05) is 10.6 Å². The molecule has 3 N–H and O–H groups in total. The molecular weight excluding hydrogens is 383 g/mol. The average Bonchev–Trinajstić information content (AvgIpc) is 3.17. The van der Waals surface area contributed by atoms with E-state index in [9.17, 15) is 4.39 Å². The second-order valence-electron chi connectivity index (χ2n) is 9.05. The number of hydrogen-bond donors (Lipinski definition) is 3. The lowest BCUT2D eigenvalue weighted by Crippen LogP contribution is -2.60. The van der Waals surface area contributed by atoms with Gasteiger partial charge in [0.15, 0.2) is 11.6 Å². The van der Waals surface area contributed by atoms with Crippen LogP contribution in [0.4, 0.5) is 21.8 Å². The van der Waals surface area contributed by atoms with E-state index < -0.39 is 5.82 Å². The van der Waals surface area contributed by atoms with Crippen LogP contribution in [0.2, 0.25) is 0 Å². The van der Waals surface area contributed by atoms with Gasteiger partial charge in [0, 0.05) is 22.8 Å². The molecule has 0 bridgehead atoms. The van der Waals surface area contributed by atoms with Crippen LogP contribution in [0, 0.1) is 5.82 Å². The van der Waals surface area contributed by atoms with E-state index in [4.69, 9.17) is 0 Å². The Hall–Kier alpha value is -3.07. The van der Waals surface area contributed by atoms with Crippen molar-refractivity contribution in [1.82, 2.24) is 30.0 Å². The Morgan fingerprint density at radius 2 is 1.93 bits per heavy atom. The molecule has 9 heteroatoms. The number of hydrogen-bond acceptors (Lipinski definition) is 7. The molecule has 0 amide bonds. The minimum atomic E-state index is -0.467. The molecule has 8 nitrogen and oxygen atoms in total. The molecule has 0 saturated carbocycles. The minimum Gasteiger partial charge on any atom is -0.365 e. The molecule has 4 rings (SSSR count). The third-order valence-electron chi connectivity index (χ3n) is 5.06. The first-order valence-corrected chi connectivity index (χ1v) is 10.00. The second kappa shape index (κ2) is 7.64. The SMILES string of the molecule is CC1(C)CC(Nc2nc(Nc3cccc(-n4cncn4)c3)ncc2F)CC(C)(C)N1. The van der Waals surface area contributed by atoms with Gasteiger partial charge in [-0.25, -0.2) is 19.0 Å². The Balaban J connectivity index is 1.52.